The van der Waals surface area contributed by atoms with Crippen LogP contribution in [0.2, 0.25) is 0 Å². The molecule has 0 amide bonds. The molecule has 2 aliphatic heterocycles. The Morgan fingerprint density at radius 1 is 0.480 bits per heavy atom. The number of benzene rings is 4. The Bertz CT molecular complexity index is 1940. The summed E-state index contributed by atoms with van der Waals surface area (Å²) in [5, 5.41) is 0. The topological polar surface area (TPSA) is 86.7 Å². The maximum Gasteiger partial charge on any atom is 0.210 e. The first-order valence-electron chi connectivity index (χ1n) is 15.1. The molecule has 0 bridgehead atoms. The van der Waals surface area contributed by atoms with Crippen LogP contribution >= 0.6 is 0 Å². The average molecular weight is 725 g/mol. The predicted molar refractivity (Wildman–Crippen MR) is 184 cm³/mol. The van der Waals surface area contributed by atoms with Crippen molar-refractivity contribution in [2.24, 2.45) is 0 Å². The summed E-state index contributed by atoms with van der Waals surface area (Å²) in [4.78, 5) is 26.7. The van der Waals surface area contributed by atoms with Crippen LogP contribution in [0.5, 0.6) is 0 Å². The smallest absolute Gasteiger partial charge is 0.210 e. The van der Waals surface area contributed by atoms with Crippen molar-refractivity contribution < 1.29 is 45.0 Å². The zero-order valence-corrected chi connectivity index (χ0v) is 29.5. The van der Waals surface area contributed by atoms with Crippen LogP contribution in [0.25, 0.3) is 22.7 Å². The number of ketones is 2. The maximum atomic E-state index is 13.6. The standard InChI is InChI=1S/2C19H16F2O3S/c2*1-19(2)18(22)16(12-8-13(20)10-14(21)9-12)17(24-19)11-4-6-15(7-5-11)25(3)23/h2*4-10H,1-3H3. The van der Waals surface area contributed by atoms with E-state index in [0.29, 0.717) is 20.9 Å². The molecule has 2 heterocycles. The summed E-state index contributed by atoms with van der Waals surface area (Å²) < 4.78 is 89.2. The molecule has 0 aromatic heterocycles. The second kappa shape index (κ2) is 13.9. The van der Waals surface area contributed by atoms with Crippen LogP contribution in [0.3, 0.4) is 0 Å². The van der Waals surface area contributed by atoms with Crippen molar-refractivity contribution >= 4 is 55.8 Å². The highest BCUT2D eigenvalue weighted by Crippen LogP contribution is 2.43. The lowest BCUT2D eigenvalue weighted by molar-refractivity contribution is -0.125. The van der Waals surface area contributed by atoms with E-state index >= 15 is 0 Å². The third-order valence-corrected chi connectivity index (χ3v) is 9.79. The van der Waals surface area contributed by atoms with E-state index < -0.39 is 56.1 Å². The molecule has 2 unspecified atom stereocenters. The van der Waals surface area contributed by atoms with Gasteiger partial charge in [-0.2, -0.15) is 0 Å². The molecule has 260 valence electrons. The molecule has 4 aromatic rings. The lowest BCUT2D eigenvalue weighted by Gasteiger charge is -2.17. The summed E-state index contributed by atoms with van der Waals surface area (Å²) in [6, 6.07) is 19.3. The molecule has 0 saturated heterocycles. The summed E-state index contributed by atoms with van der Waals surface area (Å²) in [6.07, 6.45) is 3.13. The Kier molecular flexibility index (Phi) is 10.2. The van der Waals surface area contributed by atoms with Gasteiger partial charge in [-0.05, 0) is 87.4 Å². The summed E-state index contributed by atoms with van der Waals surface area (Å²) in [5.74, 6) is -3.26. The van der Waals surface area contributed by atoms with Gasteiger partial charge in [0.15, 0.2) is 11.2 Å². The lowest BCUT2D eigenvalue weighted by Crippen LogP contribution is -2.29. The number of hydrogen-bond acceptors (Lipinski definition) is 6. The Morgan fingerprint density at radius 3 is 1.02 bits per heavy atom. The molecule has 2 aliphatic rings. The quantitative estimate of drug-likeness (QED) is 0.188. The minimum atomic E-state index is -1.14. The number of Topliss-reactive ketones (excluding diaryl/α,β-unsaturated/α-hetero) is 2. The summed E-state index contributed by atoms with van der Waals surface area (Å²) >= 11 is 0. The highest BCUT2D eigenvalue weighted by molar-refractivity contribution is 7.84. The molecule has 0 aliphatic carbocycles. The number of carbonyl (C=O) groups excluding carboxylic acids is 2. The van der Waals surface area contributed by atoms with Gasteiger partial charge in [0.05, 0.1) is 11.1 Å². The molecule has 6 nitrogen and oxygen atoms in total. The molecule has 50 heavy (non-hydrogen) atoms. The van der Waals surface area contributed by atoms with E-state index in [1.54, 1.807) is 88.7 Å². The molecule has 0 spiro atoms. The van der Waals surface area contributed by atoms with Crippen LogP contribution in [0, 0.1) is 23.3 Å². The van der Waals surface area contributed by atoms with Gasteiger partial charge in [-0.1, -0.05) is 24.3 Å². The third-order valence-electron chi connectivity index (χ3n) is 7.92. The van der Waals surface area contributed by atoms with Crippen molar-refractivity contribution in [3.8, 4) is 0 Å². The molecular formula is C38H32F4O6S2. The van der Waals surface area contributed by atoms with E-state index in [0.717, 1.165) is 36.4 Å². The Hall–Kier alpha value is -4.68. The SMILES string of the molecule is CS(=O)c1ccc(C2=C(c3cc(F)cc(F)c3)C(=O)C(C)(C)O2)cc1.CS(=O)c1ccc(C2=C(c3cc(F)cc(F)c3)C(=O)C(C)(C)O2)cc1. The normalized spacial score (nSPS) is 17.6. The van der Waals surface area contributed by atoms with Crippen molar-refractivity contribution in [2.45, 2.75) is 48.7 Å². The van der Waals surface area contributed by atoms with Gasteiger partial charge < -0.3 is 9.47 Å². The summed E-state index contributed by atoms with van der Waals surface area (Å²) in [6.45, 7) is 6.42. The minimum Gasteiger partial charge on any atom is -0.478 e. The Morgan fingerprint density at radius 2 is 0.760 bits per heavy atom. The van der Waals surface area contributed by atoms with Gasteiger partial charge in [0.25, 0.3) is 0 Å². The van der Waals surface area contributed by atoms with Crippen molar-refractivity contribution in [2.75, 3.05) is 12.5 Å². The molecule has 0 N–H and O–H groups in total. The van der Waals surface area contributed by atoms with Crippen molar-refractivity contribution in [3.05, 3.63) is 130 Å². The Balaban J connectivity index is 0.000000194. The van der Waals surface area contributed by atoms with Crippen LogP contribution in [0.4, 0.5) is 17.6 Å². The van der Waals surface area contributed by atoms with E-state index in [1.165, 1.54) is 0 Å². The van der Waals surface area contributed by atoms with Gasteiger partial charge in [0.2, 0.25) is 11.6 Å². The molecule has 2 atom stereocenters. The van der Waals surface area contributed by atoms with Crippen molar-refractivity contribution in [1.82, 2.24) is 0 Å². The van der Waals surface area contributed by atoms with E-state index in [4.69, 9.17) is 9.47 Å². The third kappa shape index (κ3) is 7.56. The average Bonchev–Trinajstić information content (AvgIpc) is 3.42. The van der Waals surface area contributed by atoms with Gasteiger partial charge in [-0.25, -0.2) is 17.6 Å². The zero-order chi connectivity index (χ0) is 36.7. The van der Waals surface area contributed by atoms with Crippen LogP contribution in [0.15, 0.2) is 94.7 Å². The highest BCUT2D eigenvalue weighted by Gasteiger charge is 2.44. The van der Waals surface area contributed by atoms with Gasteiger partial charge >= 0.3 is 0 Å². The molecule has 4 aromatic carbocycles. The highest BCUT2D eigenvalue weighted by atomic mass is 32.2. The van der Waals surface area contributed by atoms with Gasteiger partial charge in [0.1, 0.15) is 34.8 Å². The number of hydrogen-bond donors (Lipinski definition) is 0. The molecular weight excluding hydrogens is 693 g/mol. The fourth-order valence-electron chi connectivity index (χ4n) is 5.44. The minimum absolute atomic E-state index is 0.131. The zero-order valence-electron chi connectivity index (χ0n) is 27.9. The number of ether oxygens (including phenoxy) is 2. The number of rotatable bonds is 6. The van der Waals surface area contributed by atoms with E-state index in [1.807, 2.05) is 0 Å². The summed E-state index contributed by atoms with van der Waals surface area (Å²) in [5.41, 5.74) is -0.597. The van der Waals surface area contributed by atoms with Crippen LogP contribution in [0.1, 0.15) is 49.9 Å². The van der Waals surface area contributed by atoms with Crippen LogP contribution in [-0.2, 0) is 40.7 Å². The summed E-state index contributed by atoms with van der Waals surface area (Å²) in [7, 11) is -2.27. The Labute approximate surface area is 291 Å². The van der Waals surface area contributed by atoms with E-state index in [9.17, 15) is 35.6 Å². The van der Waals surface area contributed by atoms with Crippen molar-refractivity contribution in [1.29, 1.82) is 0 Å². The first kappa shape index (κ1) is 36.6. The fourth-order valence-corrected chi connectivity index (χ4v) is 6.48. The van der Waals surface area contributed by atoms with Crippen molar-refractivity contribution in [3.63, 3.8) is 0 Å². The second-order valence-corrected chi connectivity index (χ2v) is 15.3. The largest absolute Gasteiger partial charge is 0.478 e. The van der Waals surface area contributed by atoms with Gasteiger partial charge in [-0.3, -0.25) is 18.0 Å². The first-order valence-corrected chi connectivity index (χ1v) is 18.3. The number of carbonyl (C=O) groups is 2. The van der Waals surface area contributed by atoms with Gasteiger partial charge in [0, 0.05) is 67.2 Å². The molecule has 0 fully saturated rings. The molecule has 0 saturated carbocycles. The monoisotopic (exact) mass is 724 g/mol. The van der Waals surface area contributed by atoms with Crippen LogP contribution < -0.4 is 0 Å². The maximum absolute atomic E-state index is 13.6. The van der Waals surface area contributed by atoms with Crippen LogP contribution in [-0.4, -0.2) is 43.7 Å². The van der Waals surface area contributed by atoms with E-state index in [-0.39, 0.29) is 45.4 Å². The molecule has 0 radical (unpaired) electrons. The molecule has 6 rings (SSSR count). The fraction of sp³-hybridized carbons (Fsp3) is 0.211. The van der Waals surface area contributed by atoms with E-state index in [2.05, 4.69) is 0 Å². The number of halogens is 4. The first-order chi connectivity index (χ1) is 23.4. The van der Waals surface area contributed by atoms with Gasteiger partial charge in [-0.15, -0.1) is 0 Å². The second-order valence-electron chi connectivity index (χ2n) is 12.6. The lowest BCUT2D eigenvalue weighted by atomic mass is 9.92. The molecule has 12 heteroatoms. The predicted octanol–water partition coefficient (Wildman–Crippen LogP) is 7.90.